The zero-order chi connectivity index (χ0) is 22.8. The predicted molar refractivity (Wildman–Crippen MR) is 131 cm³/mol. The molecule has 0 heterocycles. The van der Waals surface area contributed by atoms with Gasteiger partial charge in [-0.2, -0.15) is 0 Å². The largest absolute Gasteiger partial charge is 0.354 e. The summed E-state index contributed by atoms with van der Waals surface area (Å²) in [5.41, 5.74) is 2.01. The highest BCUT2D eigenvalue weighted by molar-refractivity contribution is 8.00. The quantitative estimate of drug-likeness (QED) is 0.311. The second kappa shape index (κ2) is 13.0. The predicted octanol–water partition coefficient (Wildman–Crippen LogP) is 6.12. The van der Waals surface area contributed by atoms with Crippen LogP contribution in [0.25, 0.3) is 0 Å². The molecule has 1 N–H and O–H groups in total. The molecular formula is C24H30Cl2N2O2S. The first-order valence-corrected chi connectivity index (χ1v) is 12.3. The molecule has 2 amide bonds. The molecule has 0 saturated heterocycles. The monoisotopic (exact) mass is 480 g/mol. The van der Waals surface area contributed by atoms with Crippen molar-refractivity contribution in [3.8, 4) is 0 Å². The highest BCUT2D eigenvalue weighted by Gasteiger charge is 2.28. The molecule has 0 fully saturated rings. The summed E-state index contributed by atoms with van der Waals surface area (Å²) in [5, 5.41) is 3.86. The summed E-state index contributed by atoms with van der Waals surface area (Å²) in [5.74, 6) is 0.0437. The first kappa shape index (κ1) is 25.6. The van der Waals surface area contributed by atoms with Crippen LogP contribution in [0, 0.1) is 6.92 Å². The van der Waals surface area contributed by atoms with Crippen LogP contribution in [0.15, 0.2) is 47.4 Å². The van der Waals surface area contributed by atoms with Crippen LogP contribution < -0.4 is 5.32 Å². The number of rotatable bonds is 11. The van der Waals surface area contributed by atoms with Crippen LogP contribution in [0.5, 0.6) is 0 Å². The van der Waals surface area contributed by atoms with Crippen molar-refractivity contribution in [3.05, 3.63) is 63.6 Å². The molecular weight excluding hydrogens is 451 g/mol. The number of aryl methyl sites for hydroxylation is 1. The molecule has 0 unspecified atom stereocenters. The minimum absolute atomic E-state index is 0.0888. The van der Waals surface area contributed by atoms with E-state index >= 15 is 0 Å². The van der Waals surface area contributed by atoms with E-state index in [4.69, 9.17) is 23.2 Å². The van der Waals surface area contributed by atoms with Gasteiger partial charge in [-0.05, 0) is 49.6 Å². The van der Waals surface area contributed by atoms with Gasteiger partial charge in [-0.1, -0.05) is 67.2 Å². The molecule has 1 atom stereocenters. The molecule has 0 aliphatic rings. The standard InChI is InChI=1S/C24H30Cl2N2O2S/c1-4-6-13-27-24(30)22(5-2)28(15-18-9-12-20(25)21(26)14-18)23(29)16-31-19-10-7-17(3)8-11-19/h7-12,14,22H,4-6,13,15-16H2,1-3H3,(H,27,30)/t22-/m0/s1. The van der Waals surface area contributed by atoms with Crippen molar-refractivity contribution < 1.29 is 9.59 Å². The third kappa shape index (κ3) is 8.06. The van der Waals surface area contributed by atoms with Crippen molar-refractivity contribution >= 4 is 46.8 Å². The van der Waals surface area contributed by atoms with Crippen LogP contribution in [-0.4, -0.2) is 35.1 Å². The summed E-state index contributed by atoms with van der Waals surface area (Å²) in [6.45, 7) is 6.93. The Morgan fingerprint density at radius 3 is 2.39 bits per heavy atom. The van der Waals surface area contributed by atoms with Crippen molar-refractivity contribution in [1.29, 1.82) is 0 Å². The lowest BCUT2D eigenvalue weighted by Gasteiger charge is -2.30. The first-order chi connectivity index (χ1) is 14.8. The number of unbranched alkanes of at least 4 members (excludes halogenated alkanes) is 1. The molecule has 0 bridgehead atoms. The van der Waals surface area contributed by atoms with Crippen molar-refractivity contribution in [2.45, 2.75) is 57.5 Å². The van der Waals surface area contributed by atoms with E-state index in [0.717, 1.165) is 23.3 Å². The van der Waals surface area contributed by atoms with Crippen molar-refractivity contribution in [1.82, 2.24) is 10.2 Å². The SMILES string of the molecule is CCCCNC(=O)[C@H](CC)N(Cc1ccc(Cl)c(Cl)c1)C(=O)CSc1ccc(C)cc1. The number of carbonyl (C=O) groups is 2. The van der Waals surface area contributed by atoms with Gasteiger partial charge in [0.15, 0.2) is 0 Å². The molecule has 168 valence electrons. The van der Waals surface area contributed by atoms with E-state index in [1.54, 1.807) is 17.0 Å². The molecule has 0 aliphatic carbocycles. The van der Waals surface area contributed by atoms with Gasteiger partial charge in [0.25, 0.3) is 0 Å². The molecule has 0 aromatic heterocycles. The van der Waals surface area contributed by atoms with Gasteiger partial charge in [0.2, 0.25) is 11.8 Å². The lowest BCUT2D eigenvalue weighted by Crippen LogP contribution is -2.49. The van der Waals surface area contributed by atoms with Crippen LogP contribution in [0.4, 0.5) is 0 Å². The van der Waals surface area contributed by atoms with E-state index in [1.165, 1.54) is 17.3 Å². The molecule has 7 heteroatoms. The lowest BCUT2D eigenvalue weighted by atomic mass is 10.1. The van der Waals surface area contributed by atoms with E-state index < -0.39 is 6.04 Å². The van der Waals surface area contributed by atoms with Gasteiger partial charge in [0.05, 0.1) is 15.8 Å². The van der Waals surface area contributed by atoms with Crippen LogP contribution >= 0.6 is 35.0 Å². The van der Waals surface area contributed by atoms with Crippen LogP contribution in [-0.2, 0) is 16.1 Å². The maximum absolute atomic E-state index is 13.2. The average molecular weight is 481 g/mol. The molecule has 2 rings (SSSR count). The Bertz CT molecular complexity index is 874. The van der Waals surface area contributed by atoms with Crippen LogP contribution in [0.1, 0.15) is 44.2 Å². The van der Waals surface area contributed by atoms with Crippen molar-refractivity contribution in [3.63, 3.8) is 0 Å². The smallest absolute Gasteiger partial charge is 0.242 e. The molecule has 0 radical (unpaired) electrons. The normalized spacial score (nSPS) is 11.8. The lowest BCUT2D eigenvalue weighted by molar-refractivity contribution is -0.139. The van der Waals surface area contributed by atoms with E-state index in [-0.39, 0.29) is 17.6 Å². The number of benzene rings is 2. The summed E-state index contributed by atoms with van der Waals surface area (Å²) >= 11 is 13.7. The number of nitrogens with zero attached hydrogens (tertiary/aromatic N) is 1. The first-order valence-electron chi connectivity index (χ1n) is 10.6. The second-order valence-electron chi connectivity index (χ2n) is 7.44. The Kier molecular flexibility index (Phi) is 10.7. The second-order valence-corrected chi connectivity index (χ2v) is 9.30. The summed E-state index contributed by atoms with van der Waals surface area (Å²) < 4.78 is 0. The molecule has 2 aromatic rings. The summed E-state index contributed by atoms with van der Waals surface area (Å²) in [7, 11) is 0. The van der Waals surface area contributed by atoms with Gasteiger partial charge >= 0.3 is 0 Å². The Balaban J connectivity index is 2.19. The number of hydrogen-bond donors (Lipinski definition) is 1. The van der Waals surface area contributed by atoms with E-state index in [1.807, 2.05) is 44.2 Å². The zero-order valence-electron chi connectivity index (χ0n) is 18.3. The molecule has 31 heavy (non-hydrogen) atoms. The highest BCUT2D eigenvalue weighted by atomic mass is 35.5. The Labute approximate surface area is 199 Å². The number of halogens is 2. The number of amides is 2. The number of carbonyl (C=O) groups excluding carboxylic acids is 2. The summed E-state index contributed by atoms with van der Waals surface area (Å²) in [4.78, 5) is 28.8. The fourth-order valence-electron chi connectivity index (χ4n) is 3.12. The summed E-state index contributed by atoms with van der Waals surface area (Å²) in [6, 6.07) is 12.8. The third-order valence-corrected chi connectivity index (χ3v) is 6.67. The number of nitrogens with one attached hydrogen (secondary N) is 1. The average Bonchev–Trinajstić information content (AvgIpc) is 2.75. The van der Waals surface area contributed by atoms with Gasteiger partial charge in [-0.15, -0.1) is 11.8 Å². The van der Waals surface area contributed by atoms with Gasteiger partial charge in [0, 0.05) is 18.0 Å². The molecule has 0 spiro atoms. The fourth-order valence-corrected chi connectivity index (χ4v) is 4.23. The summed E-state index contributed by atoms with van der Waals surface area (Å²) in [6.07, 6.45) is 2.43. The van der Waals surface area contributed by atoms with Gasteiger partial charge < -0.3 is 10.2 Å². The van der Waals surface area contributed by atoms with E-state index in [2.05, 4.69) is 12.2 Å². The van der Waals surface area contributed by atoms with Crippen LogP contribution in [0.3, 0.4) is 0 Å². The molecule has 4 nitrogen and oxygen atoms in total. The fraction of sp³-hybridized carbons (Fsp3) is 0.417. The molecule has 0 saturated carbocycles. The minimum atomic E-state index is -0.544. The minimum Gasteiger partial charge on any atom is -0.354 e. The number of thioether (sulfide) groups is 1. The molecule has 2 aromatic carbocycles. The van der Waals surface area contributed by atoms with Gasteiger partial charge in [-0.25, -0.2) is 0 Å². The van der Waals surface area contributed by atoms with Crippen molar-refractivity contribution in [2.24, 2.45) is 0 Å². The van der Waals surface area contributed by atoms with Gasteiger partial charge in [-0.3, -0.25) is 9.59 Å². The Hall–Kier alpha value is -1.69. The van der Waals surface area contributed by atoms with Crippen molar-refractivity contribution in [2.75, 3.05) is 12.3 Å². The third-order valence-electron chi connectivity index (χ3n) is 4.94. The maximum atomic E-state index is 13.2. The highest BCUT2D eigenvalue weighted by Crippen LogP contribution is 2.25. The maximum Gasteiger partial charge on any atom is 0.242 e. The topological polar surface area (TPSA) is 49.4 Å². The zero-order valence-corrected chi connectivity index (χ0v) is 20.6. The Morgan fingerprint density at radius 1 is 1.06 bits per heavy atom. The van der Waals surface area contributed by atoms with Gasteiger partial charge in [0.1, 0.15) is 6.04 Å². The van der Waals surface area contributed by atoms with E-state index in [0.29, 0.717) is 29.6 Å². The molecule has 0 aliphatic heterocycles. The van der Waals surface area contributed by atoms with E-state index in [9.17, 15) is 9.59 Å². The number of hydrogen-bond acceptors (Lipinski definition) is 3. The van der Waals surface area contributed by atoms with Crippen LogP contribution in [0.2, 0.25) is 10.0 Å². The Morgan fingerprint density at radius 2 is 1.77 bits per heavy atom.